The summed E-state index contributed by atoms with van der Waals surface area (Å²) >= 11 is 1.73. The van der Waals surface area contributed by atoms with E-state index in [9.17, 15) is 0 Å². The molecule has 0 aliphatic carbocycles. The van der Waals surface area contributed by atoms with E-state index in [4.69, 9.17) is 14.1 Å². The van der Waals surface area contributed by atoms with Gasteiger partial charge in [0.15, 0.2) is 5.96 Å². The SMILES string of the molecule is CCc1cnc(CN=C(NCCc2ccco2)NCC2CCCCO2)s1.I. The van der Waals surface area contributed by atoms with Crippen LogP contribution in [0.4, 0.5) is 0 Å². The Morgan fingerprint density at radius 1 is 1.37 bits per heavy atom. The molecule has 1 unspecified atom stereocenters. The van der Waals surface area contributed by atoms with Gasteiger partial charge in [-0.3, -0.25) is 0 Å². The van der Waals surface area contributed by atoms with Crippen LogP contribution in [0.5, 0.6) is 0 Å². The van der Waals surface area contributed by atoms with Crippen molar-refractivity contribution in [3.8, 4) is 0 Å². The largest absolute Gasteiger partial charge is 0.469 e. The highest BCUT2D eigenvalue weighted by atomic mass is 127. The zero-order chi connectivity index (χ0) is 18.0. The van der Waals surface area contributed by atoms with Crippen molar-refractivity contribution >= 4 is 41.3 Å². The third kappa shape index (κ3) is 7.79. The fourth-order valence-corrected chi connectivity index (χ4v) is 3.63. The number of hydrogen-bond donors (Lipinski definition) is 2. The van der Waals surface area contributed by atoms with Crippen molar-refractivity contribution in [1.82, 2.24) is 15.6 Å². The number of furan rings is 1. The number of hydrogen-bond acceptors (Lipinski definition) is 5. The summed E-state index contributed by atoms with van der Waals surface area (Å²) in [5.74, 6) is 1.78. The summed E-state index contributed by atoms with van der Waals surface area (Å²) < 4.78 is 11.2. The van der Waals surface area contributed by atoms with E-state index in [-0.39, 0.29) is 30.1 Å². The van der Waals surface area contributed by atoms with Gasteiger partial charge in [-0.2, -0.15) is 0 Å². The highest BCUT2D eigenvalue weighted by Crippen LogP contribution is 2.14. The Kier molecular flexibility index (Phi) is 10.1. The van der Waals surface area contributed by atoms with Crippen LogP contribution in [0.2, 0.25) is 0 Å². The number of rotatable bonds is 8. The summed E-state index contributed by atoms with van der Waals surface area (Å²) in [6.45, 7) is 5.15. The lowest BCUT2D eigenvalue weighted by atomic mass is 10.1. The maximum atomic E-state index is 5.80. The Bertz CT molecular complexity index is 669. The zero-order valence-corrected chi connectivity index (χ0v) is 18.9. The van der Waals surface area contributed by atoms with Crippen molar-refractivity contribution in [3.63, 3.8) is 0 Å². The highest BCUT2D eigenvalue weighted by Gasteiger charge is 2.14. The zero-order valence-electron chi connectivity index (χ0n) is 15.8. The van der Waals surface area contributed by atoms with Crippen molar-refractivity contribution in [3.05, 3.63) is 40.2 Å². The van der Waals surface area contributed by atoms with Crippen LogP contribution in [0.1, 0.15) is 41.8 Å². The van der Waals surface area contributed by atoms with Gasteiger partial charge in [0.05, 0.1) is 18.9 Å². The Morgan fingerprint density at radius 3 is 3.00 bits per heavy atom. The van der Waals surface area contributed by atoms with Crippen molar-refractivity contribution < 1.29 is 9.15 Å². The molecule has 2 aromatic rings. The summed E-state index contributed by atoms with van der Waals surface area (Å²) in [5.41, 5.74) is 0. The molecule has 8 heteroatoms. The van der Waals surface area contributed by atoms with E-state index in [1.807, 2.05) is 18.3 Å². The van der Waals surface area contributed by atoms with Crippen LogP contribution < -0.4 is 10.6 Å². The summed E-state index contributed by atoms with van der Waals surface area (Å²) in [6, 6.07) is 3.90. The number of aryl methyl sites for hydroxylation is 1. The van der Waals surface area contributed by atoms with E-state index < -0.39 is 0 Å². The van der Waals surface area contributed by atoms with E-state index in [1.165, 1.54) is 17.7 Å². The average Bonchev–Trinajstić information content (AvgIpc) is 3.36. The van der Waals surface area contributed by atoms with Crippen molar-refractivity contribution in [1.29, 1.82) is 0 Å². The van der Waals surface area contributed by atoms with Crippen LogP contribution in [-0.4, -0.2) is 36.7 Å². The van der Waals surface area contributed by atoms with Crippen molar-refractivity contribution in [2.75, 3.05) is 19.7 Å². The predicted molar refractivity (Wildman–Crippen MR) is 120 cm³/mol. The lowest BCUT2D eigenvalue weighted by Gasteiger charge is -2.23. The van der Waals surface area contributed by atoms with E-state index in [2.05, 4.69) is 22.5 Å². The van der Waals surface area contributed by atoms with Crippen LogP contribution >= 0.6 is 35.3 Å². The molecule has 0 radical (unpaired) electrons. The molecule has 0 amide bonds. The van der Waals surface area contributed by atoms with Crippen LogP contribution in [0.3, 0.4) is 0 Å². The third-order valence-corrected chi connectivity index (χ3v) is 5.46. The van der Waals surface area contributed by atoms with Crippen molar-refractivity contribution in [2.45, 2.75) is 51.7 Å². The number of ether oxygens (including phenoxy) is 1. The molecule has 2 N–H and O–H groups in total. The van der Waals surface area contributed by atoms with Gasteiger partial charge in [-0.15, -0.1) is 35.3 Å². The molecule has 1 atom stereocenters. The highest BCUT2D eigenvalue weighted by molar-refractivity contribution is 14.0. The second-order valence-corrected chi connectivity index (χ2v) is 7.56. The van der Waals surface area contributed by atoms with Crippen molar-refractivity contribution in [2.24, 2.45) is 4.99 Å². The summed E-state index contributed by atoms with van der Waals surface area (Å²) in [6.07, 6.45) is 9.29. The molecule has 2 aromatic heterocycles. The Labute approximate surface area is 182 Å². The predicted octanol–water partition coefficient (Wildman–Crippen LogP) is 3.76. The molecule has 150 valence electrons. The summed E-state index contributed by atoms with van der Waals surface area (Å²) in [4.78, 5) is 10.4. The smallest absolute Gasteiger partial charge is 0.191 e. The molecule has 1 aliphatic rings. The molecule has 0 spiro atoms. The Morgan fingerprint density at radius 2 is 2.30 bits per heavy atom. The van der Waals surface area contributed by atoms with E-state index >= 15 is 0 Å². The normalized spacial score (nSPS) is 17.4. The third-order valence-electron chi connectivity index (χ3n) is 4.34. The summed E-state index contributed by atoms with van der Waals surface area (Å²) in [7, 11) is 0. The molecule has 1 aliphatic heterocycles. The molecule has 27 heavy (non-hydrogen) atoms. The van der Waals surface area contributed by atoms with Gasteiger partial charge in [0.1, 0.15) is 10.8 Å². The van der Waals surface area contributed by atoms with Gasteiger partial charge in [0.2, 0.25) is 0 Å². The molecule has 3 rings (SSSR count). The number of halogens is 1. The van der Waals surface area contributed by atoms with Gasteiger partial charge in [0, 0.05) is 37.2 Å². The van der Waals surface area contributed by atoms with E-state index in [1.54, 1.807) is 17.6 Å². The van der Waals surface area contributed by atoms with Crippen LogP contribution in [0.25, 0.3) is 0 Å². The number of thiazole rings is 1. The molecule has 0 saturated carbocycles. The van der Waals surface area contributed by atoms with Crippen LogP contribution in [0, 0.1) is 0 Å². The number of nitrogens with zero attached hydrogens (tertiary/aromatic N) is 2. The molecule has 3 heterocycles. The molecule has 1 fully saturated rings. The first kappa shape index (κ1) is 22.2. The van der Waals surface area contributed by atoms with E-state index in [0.29, 0.717) is 6.54 Å². The lowest BCUT2D eigenvalue weighted by molar-refractivity contribution is 0.0194. The lowest BCUT2D eigenvalue weighted by Crippen LogP contribution is -2.43. The van der Waals surface area contributed by atoms with Gasteiger partial charge in [-0.25, -0.2) is 9.98 Å². The Hall–Kier alpha value is -1.13. The van der Waals surface area contributed by atoms with E-state index in [0.717, 1.165) is 55.7 Å². The number of aromatic nitrogens is 1. The monoisotopic (exact) mass is 504 g/mol. The molecular formula is C19H29IN4O2S. The quantitative estimate of drug-likeness (QED) is 0.326. The number of aliphatic imine (C=N–C) groups is 1. The first-order valence-electron chi connectivity index (χ1n) is 9.43. The minimum Gasteiger partial charge on any atom is -0.469 e. The fourth-order valence-electron chi connectivity index (χ4n) is 2.84. The molecule has 6 nitrogen and oxygen atoms in total. The van der Waals surface area contributed by atoms with Crippen LogP contribution in [-0.2, 0) is 24.1 Å². The molecule has 1 saturated heterocycles. The summed E-state index contributed by atoms with van der Waals surface area (Å²) in [5, 5.41) is 7.85. The molecular weight excluding hydrogens is 475 g/mol. The number of nitrogens with one attached hydrogen (secondary N) is 2. The second kappa shape index (κ2) is 12.4. The maximum Gasteiger partial charge on any atom is 0.191 e. The van der Waals surface area contributed by atoms with Gasteiger partial charge < -0.3 is 19.8 Å². The number of guanidine groups is 1. The minimum absolute atomic E-state index is 0. The maximum absolute atomic E-state index is 5.80. The fraction of sp³-hybridized carbons (Fsp3) is 0.579. The van der Waals surface area contributed by atoms with Gasteiger partial charge in [0.25, 0.3) is 0 Å². The van der Waals surface area contributed by atoms with Gasteiger partial charge in [-0.05, 0) is 37.8 Å². The first-order chi connectivity index (χ1) is 12.8. The molecule has 0 bridgehead atoms. The second-order valence-electron chi connectivity index (χ2n) is 6.36. The average molecular weight is 504 g/mol. The minimum atomic E-state index is 0. The van der Waals surface area contributed by atoms with Gasteiger partial charge in [-0.1, -0.05) is 6.92 Å². The topological polar surface area (TPSA) is 71.7 Å². The van der Waals surface area contributed by atoms with Crippen LogP contribution in [0.15, 0.2) is 34.0 Å². The standard InChI is InChI=1S/C19H28N4O2S.HI/c1-2-17-13-21-18(26-17)14-23-19(20-9-8-15-7-5-11-24-15)22-12-16-6-3-4-10-25-16;/h5,7,11,13,16H,2-4,6,8-10,12,14H2,1H3,(H2,20,22,23);1H. The first-order valence-corrected chi connectivity index (χ1v) is 10.2. The Balaban J connectivity index is 0.00000261. The molecule has 0 aromatic carbocycles. The van der Waals surface area contributed by atoms with Gasteiger partial charge >= 0.3 is 0 Å².